The molecule has 2 rings (SSSR count). The van der Waals surface area contributed by atoms with E-state index in [1.165, 1.54) is 5.70 Å². The fourth-order valence-corrected chi connectivity index (χ4v) is 2.29. The van der Waals surface area contributed by atoms with Crippen LogP contribution in [0.5, 0.6) is 0 Å². The normalized spacial score (nSPS) is 20.9. The topological polar surface area (TPSA) is 23.6 Å². The van der Waals surface area contributed by atoms with Gasteiger partial charge in [0, 0.05) is 38.8 Å². The number of carbonyl (C=O) groups excluding carboxylic acids is 1. The molecule has 1 saturated heterocycles. The first-order chi connectivity index (χ1) is 8.27. The highest BCUT2D eigenvalue weighted by atomic mass is 16.2. The maximum atomic E-state index is 11.4. The molecule has 0 saturated carbocycles. The smallest absolute Gasteiger partial charge is 0.219 e. The van der Waals surface area contributed by atoms with Crippen molar-refractivity contribution in [2.75, 3.05) is 26.2 Å². The van der Waals surface area contributed by atoms with Crippen LogP contribution in [0.2, 0.25) is 0 Å². The predicted octanol–water partition coefficient (Wildman–Crippen LogP) is 1.94. The first-order valence-corrected chi connectivity index (χ1v) is 6.31. The van der Waals surface area contributed by atoms with E-state index in [4.69, 9.17) is 0 Å². The van der Waals surface area contributed by atoms with Crippen LogP contribution in [0.3, 0.4) is 0 Å². The van der Waals surface area contributed by atoms with Crippen LogP contribution in [0.4, 0.5) is 0 Å². The van der Waals surface area contributed by atoms with E-state index in [1.807, 2.05) is 4.90 Å². The Kier molecular flexibility index (Phi) is 4.02. The molecule has 0 N–H and O–H groups in total. The fraction of sp³-hybridized carbons (Fsp3) is 0.500. The first kappa shape index (κ1) is 12.0. The number of carbonyl (C=O) groups is 1. The molecule has 1 heterocycles. The van der Waals surface area contributed by atoms with Crippen molar-refractivity contribution < 1.29 is 4.79 Å². The van der Waals surface area contributed by atoms with Crippen molar-refractivity contribution >= 4 is 5.91 Å². The van der Waals surface area contributed by atoms with Gasteiger partial charge in [0.05, 0.1) is 0 Å². The minimum Gasteiger partial charge on any atom is -0.370 e. The second kappa shape index (κ2) is 5.71. The van der Waals surface area contributed by atoms with Gasteiger partial charge in [0.25, 0.3) is 0 Å². The zero-order chi connectivity index (χ0) is 12.1. The first-order valence-electron chi connectivity index (χ1n) is 6.31. The summed E-state index contributed by atoms with van der Waals surface area (Å²) in [5.41, 5.74) is 1.29. The Hall–Kier alpha value is -1.51. The predicted molar refractivity (Wildman–Crippen MR) is 69.4 cm³/mol. The van der Waals surface area contributed by atoms with Gasteiger partial charge in [-0.15, -0.1) is 0 Å². The van der Waals surface area contributed by atoms with E-state index in [-0.39, 0.29) is 5.91 Å². The SMILES string of the molecule is CC(=O)N1CCCN(C2=CCC=CC=C2)CC1. The summed E-state index contributed by atoms with van der Waals surface area (Å²) in [6.07, 6.45) is 12.8. The van der Waals surface area contributed by atoms with Gasteiger partial charge in [-0.2, -0.15) is 0 Å². The van der Waals surface area contributed by atoms with Crippen LogP contribution in [0.25, 0.3) is 0 Å². The summed E-state index contributed by atoms with van der Waals surface area (Å²) in [4.78, 5) is 15.7. The van der Waals surface area contributed by atoms with Crippen molar-refractivity contribution in [2.45, 2.75) is 19.8 Å². The number of amides is 1. The highest BCUT2D eigenvalue weighted by Crippen LogP contribution is 2.14. The quantitative estimate of drug-likeness (QED) is 0.690. The summed E-state index contributed by atoms with van der Waals surface area (Å²) < 4.78 is 0. The van der Waals surface area contributed by atoms with Gasteiger partial charge in [0.1, 0.15) is 0 Å². The molecule has 17 heavy (non-hydrogen) atoms. The number of rotatable bonds is 1. The van der Waals surface area contributed by atoms with Gasteiger partial charge in [-0.3, -0.25) is 4.79 Å². The molecule has 1 aliphatic carbocycles. The molecule has 0 spiro atoms. The molecule has 0 radical (unpaired) electrons. The Morgan fingerprint density at radius 2 is 2.06 bits per heavy atom. The minimum absolute atomic E-state index is 0.193. The molecule has 1 aliphatic heterocycles. The molecule has 0 unspecified atom stereocenters. The largest absolute Gasteiger partial charge is 0.370 e. The maximum absolute atomic E-state index is 11.4. The van der Waals surface area contributed by atoms with E-state index in [0.29, 0.717) is 0 Å². The standard InChI is InChI=1S/C14H20N2O/c1-13(17)15-9-6-10-16(12-11-15)14-7-4-2-3-5-8-14/h2-4,7-8H,5-6,9-12H2,1H3. The summed E-state index contributed by atoms with van der Waals surface area (Å²) in [6, 6.07) is 0. The van der Waals surface area contributed by atoms with Crippen molar-refractivity contribution in [2.24, 2.45) is 0 Å². The second-order valence-corrected chi connectivity index (χ2v) is 4.50. The number of nitrogens with zero attached hydrogens (tertiary/aromatic N) is 2. The highest BCUT2D eigenvalue weighted by Gasteiger charge is 2.16. The van der Waals surface area contributed by atoms with Crippen LogP contribution in [-0.2, 0) is 4.79 Å². The Bertz CT molecular complexity index is 368. The molecule has 2 aliphatic rings. The van der Waals surface area contributed by atoms with Gasteiger partial charge in [-0.1, -0.05) is 24.3 Å². The van der Waals surface area contributed by atoms with E-state index in [9.17, 15) is 4.79 Å². The minimum atomic E-state index is 0.193. The van der Waals surface area contributed by atoms with Crippen LogP contribution in [0.15, 0.2) is 36.1 Å². The lowest BCUT2D eigenvalue weighted by atomic mass is 10.3. The number of hydrogen-bond donors (Lipinski definition) is 0. The van der Waals surface area contributed by atoms with Crippen molar-refractivity contribution in [1.29, 1.82) is 0 Å². The van der Waals surface area contributed by atoms with E-state index < -0.39 is 0 Å². The molecule has 3 heteroatoms. The molecule has 0 aromatic rings. The van der Waals surface area contributed by atoms with Gasteiger partial charge in [-0.05, 0) is 18.9 Å². The highest BCUT2D eigenvalue weighted by molar-refractivity contribution is 5.73. The van der Waals surface area contributed by atoms with Gasteiger partial charge in [-0.25, -0.2) is 0 Å². The molecule has 92 valence electrons. The van der Waals surface area contributed by atoms with Crippen LogP contribution in [0, 0.1) is 0 Å². The van der Waals surface area contributed by atoms with Crippen LogP contribution in [0.1, 0.15) is 19.8 Å². The van der Waals surface area contributed by atoms with Crippen molar-refractivity contribution in [3.8, 4) is 0 Å². The molecule has 3 nitrogen and oxygen atoms in total. The van der Waals surface area contributed by atoms with Gasteiger partial charge in [0.15, 0.2) is 0 Å². The summed E-state index contributed by atoms with van der Waals surface area (Å²) in [5.74, 6) is 0.193. The third-order valence-electron chi connectivity index (χ3n) is 3.28. The van der Waals surface area contributed by atoms with Crippen LogP contribution >= 0.6 is 0 Å². The number of hydrogen-bond acceptors (Lipinski definition) is 2. The van der Waals surface area contributed by atoms with Crippen LogP contribution < -0.4 is 0 Å². The van der Waals surface area contributed by atoms with Gasteiger partial charge >= 0.3 is 0 Å². The Balaban J connectivity index is 1.99. The lowest BCUT2D eigenvalue weighted by molar-refractivity contribution is -0.128. The monoisotopic (exact) mass is 232 g/mol. The van der Waals surface area contributed by atoms with E-state index in [1.54, 1.807) is 6.92 Å². The Morgan fingerprint density at radius 1 is 1.18 bits per heavy atom. The van der Waals surface area contributed by atoms with E-state index in [0.717, 1.165) is 39.0 Å². The molecular formula is C14H20N2O. The van der Waals surface area contributed by atoms with E-state index >= 15 is 0 Å². The summed E-state index contributed by atoms with van der Waals surface area (Å²) >= 11 is 0. The Morgan fingerprint density at radius 3 is 2.88 bits per heavy atom. The summed E-state index contributed by atoms with van der Waals surface area (Å²) in [6.45, 7) is 5.37. The van der Waals surface area contributed by atoms with Crippen molar-refractivity contribution in [3.63, 3.8) is 0 Å². The molecule has 0 bridgehead atoms. The molecule has 0 atom stereocenters. The molecule has 1 amide bonds. The van der Waals surface area contributed by atoms with Crippen molar-refractivity contribution in [1.82, 2.24) is 9.80 Å². The maximum Gasteiger partial charge on any atom is 0.219 e. The summed E-state index contributed by atoms with van der Waals surface area (Å²) in [5, 5.41) is 0. The van der Waals surface area contributed by atoms with E-state index in [2.05, 4.69) is 35.3 Å². The average Bonchev–Trinajstić information content (AvgIpc) is 2.71. The van der Waals surface area contributed by atoms with Crippen LogP contribution in [-0.4, -0.2) is 41.9 Å². The molecule has 0 aromatic heterocycles. The van der Waals surface area contributed by atoms with Gasteiger partial charge in [0.2, 0.25) is 5.91 Å². The van der Waals surface area contributed by atoms with Gasteiger partial charge < -0.3 is 9.80 Å². The molecule has 1 fully saturated rings. The lowest BCUT2D eigenvalue weighted by Crippen LogP contribution is -2.33. The fourth-order valence-electron chi connectivity index (χ4n) is 2.29. The third kappa shape index (κ3) is 3.22. The second-order valence-electron chi connectivity index (χ2n) is 4.50. The summed E-state index contributed by atoms with van der Waals surface area (Å²) in [7, 11) is 0. The zero-order valence-electron chi connectivity index (χ0n) is 10.4. The Labute approximate surface area is 103 Å². The zero-order valence-corrected chi connectivity index (χ0v) is 10.4. The molecule has 0 aromatic carbocycles. The lowest BCUT2D eigenvalue weighted by Gasteiger charge is -2.24. The molecular weight excluding hydrogens is 212 g/mol. The van der Waals surface area contributed by atoms with Crippen molar-refractivity contribution in [3.05, 3.63) is 36.1 Å². The third-order valence-corrected chi connectivity index (χ3v) is 3.28. The number of allylic oxidation sites excluding steroid dienone is 5. The average molecular weight is 232 g/mol.